The Bertz CT molecular complexity index is 1530. The molecule has 2 amide bonds. The molecular weight excluding hydrogens is 711 g/mol. The van der Waals surface area contributed by atoms with Gasteiger partial charge in [0.25, 0.3) is 0 Å². The van der Waals surface area contributed by atoms with Gasteiger partial charge >= 0.3 is 0 Å². The SMILES string of the molecule is CCCCCCCCN(CCCCCCCC)C[C@@H]1C[C@H](c2ccc(CO)cc2)O[C@H](c2ccc(-c3ccccc3CNC(=O)CCCCCNC(C)=O)cc2)O1. The van der Waals surface area contributed by atoms with Crippen LogP contribution in [0.4, 0.5) is 0 Å². The zero-order valence-electron chi connectivity index (χ0n) is 35.5. The molecule has 1 aliphatic rings. The van der Waals surface area contributed by atoms with E-state index in [9.17, 15) is 14.7 Å². The Kier molecular flexibility index (Phi) is 22.0. The summed E-state index contributed by atoms with van der Waals surface area (Å²) in [6.45, 7) is 10.3. The summed E-state index contributed by atoms with van der Waals surface area (Å²) in [6.07, 6.45) is 18.8. The highest BCUT2D eigenvalue weighted by atomic mass is 16.7. The van der Waals surface area contributed by atoms with Crippen LogP contribution in [-0.4, -0.2) is 54.1 Å². The Morgan fingerprint density at radius 1 is 0.702 bits per heavy atom. The first kappa shape index (κ1) is 46.1. The van der Waals surface area contributed by atoms with Gasteiger partial charge in [0.2, 0.25) is 11.8 Å². The van der Waals surface area contributed by atoms with E-state index in [0.717, 1.165) is 78.7 Å². The van der Waals surface area contributed by atoms with Crippen LogP contribution in [0.15, 0.2) is 72.8 Å². The van der Waals surface area contributed by atoms with Gasteiger partial charge < -0.3 is 30.1 Å². The van der Waals surface area contributed by atoms with Crippen LogP contribution in [0, 0.1) is 0 Å². The van der Waals surface area contributed by atoms with E-state index >= 15 is 0 Å². The lowest BCUT2D eigenvalue weighted by Crippen LogP contribution is -2.40. The van der Waals surface area contributed by atoms with Gasteiger partial charge in [-0.05, 0) is 66.6 Å². The van der Waals surface area contributed by atoms with Crippen LogP contribution in [-0.2, 0) is 32.2 Å². The van der Waals surface area contributed by atoms with Crippen molar-refractivity contribution in [3.63, 3.8) is 0 Å². The van der Waals surface area contributed by atoms with Crippen molar-refractivity contribution in [2.75, 3.05) is 26.2 Å². The predicted molar refractivity (Wildman–Crippen MR) is 232 cm³/mol. The van der Waals surface area contributed by atoms with Crippen LogP contribution >= 0.6 is 0 Å². The highest BCUT2D eigenvalue weighted by Gasteiger charge is 2.33. The van der Waals surface area contributed by atoms with E-state index in [1.165, 1.54) is 84.0 Å². The van der Waals surface area contributed by atoms with Crippen molar-refractivity contribution in [3.8, 4) is 11.1 Å². The van der Waals surface area contributed by atoms with Crippen molar-refractivity contribution >= 4 is 11.8 Å². The molecule has 1 saturated heterocycles. The van der Waals surface area contributed by atoms with Crippen molar-refractivity contribution in [2.24, 2.45) is 0 Å². The summed E-state index contributed by atoms with van der Waals surface area (Å²) in [7, 11) is 0. The third kappa shape index (κ3) is 17.4. The van der Waals surface area contributed by atoms with Gasteiger partial charge in [0.15, 0.2) is 6.29 Å². The fourth-order valence-corrected chi connectivity index (χ4v) is 7.76. The van der Waals surface area contributed by atoms with Crippen molar-refractivity contribution in [3.05, 3.63) is 95.1 Å². The Labute approximate surface area is 344 Å². The molecule has 0 aromatic heterocycles. The van der Waals surface area contributed by atoms with E-state index < -0.39 is 6.29 Å². The molecule has 314 valence electrons. The third-order valence-corrected chi connectivity index (χ3v) is 11.2. The average molecular weight is 784 g/mol. The molecule has 4 rings (SSSR count). The molecule has 0 aliphatic carbocycles. The number of aliphatic hydroxyl groups excluding tert-OH is 1. The van der Waals surface area contributed by atoms with Crippen molar-refractivity contribution in [1.82, 2.24) is 15.5 Å². The number of nitrogens with zero attached hydrogens (tertiary/aromatic N) is 1. The topological polar surface area (TPSA) is 100 Å². The summed E-state index contributed by atoms with van der Waals surface area (Å²) in [5.41, 5.74) is 6.23. The molecule has 3 atom stereocenters. The van der Waals surface area contributed by atoms with E-state index in [4.69, 9.17) is 9.47 Å². The maximum absolute atomic E-state index is 12.7. The largest absolute Gasteiger partial charge is 0.392 e. The van der Waals surface area contributed by atoms with Crippen LogP contribution in [0.1, 0.15) is 165 Å². The number of benzene rings is 3. The monoisotopic (exact) mass is 784 g/mol. The molecule has 0 unspecified atom stereocenters. The molecule has 3 N–H and O–H groups in total. The summed E-state index contributed by atoms with van der Waals surface area (Å²) in [5.74, 6) is 0.0224. The average Bonchev–Trinajstić information content (AvgIpc) is 3.23. The molecule has 0 spiro atoms. The maximum atomic E-state index is 12.7. The van der Waals surface area contributed by atoms with E-state index in [1.54, 1.807) is 0 Å². The van der Waals surface area contributed by atoms with Crippen LogP contribution in [0.5, 0.6) is 0 Å². The summed E-state index contributed by atoms with van der Waals surface area (Å²) in [6, 6.07) is 24.9. The first-order valence-electron chi connectivity index (χ1n) is 22.3. The predicted octanol–water partition coefficient (Wildman–Crippen LogP) is 10.7. The molecule has 1 heterocycles. The van der Waals surface area contributed by atoms with E-state index in [0.29, 0.717) is 19.5 Å². The minimum absolute atomic E-state index is 0.0182. The minimum Gasteiger partial charge on any atom is -0.392 e. The molecule has 57 heavy (non-hydrogen) atoms. The quantitative estimate of drug-likeness (QED) is 0.0634. The number of carbonyl (C=O) groups excluding carboxylic acids is 2. The zero-order valence-corrected chi connectivity index (χ0v) is 35.5. The van der Waals surface area contributed by atoms with Crippen molar-refractivity contribution in [2.45, 2.75) is 162 Å². The highest BCUT2D eigenvalue weighted by Crippen LogP contribution is 2.39. The van der Waals surface area contributed by atoms with Gasteiger partial charge in [-0.3, -0.25) is 9.59 Å². The van der Waals surface area contributed by atoms with E-state index in [2.05, 4.69) is 77.9 Å². The van der Waals surface area contributed by atoms with Gasteiger partial charge in [-0.2, -0.15) is 0 Å². The van der Waals surface area contributed by atoms with Gasteiger partial charge in [-0.1, -0.05) is 157 Å². The second-order valence-electron chi connectivity index (χ2n) is 16.0. The highest BCUT2D eigenvalue weighted by molar-refractivity contribution is 5.76. The first-order chi connectivity index (χ1) is 27.9. The molecular formula is C49H73N3O5. The number of rotatable bonds is 28. The Balaban J connectivity index is 1.43. The normalized spacial score (nSPS) is 16.8. The second-order valence-corrected chi connectivity index (χ2v) is 16.0. The summed E-state index contributed by atoms with van der Waals surface area (Å²) in [4.78, 5) is 26.4. The summed E-state index contributed by atoms with van der Waals surface area (Å²) in [5, 5.41) is 15.6. The standard InChI is InChI=1S/C49H73N3O5/c1-4-6-8-10-12-19-33-52(34-20-13-11-9-7-5-2)37-45-35-47(42-26-24-40(38-53)25-27-42)57-49(56-45)43-30-28-41(29-31-43)46-22-17-16-21-44(46)36-51-48(55)23-15-14-18-32-50-39(3)54/h16-17,21-22,24-31,45,47,49,53H,4-15,18-20,23,32-38H2,1-3H3,(H,50,54)(H,51,55)/t45-,47+,49+/m0/s1. The Morgan fingerprint density at radius 3 is 1.96 bits per heavy atom. The lowest BCUT2D eigenvalue weighted by atomic mass is 9.97. The number of aliphatic hydroxyl groups is 1. The van der Waals surface area contributed by atoms with Crippen LogP contribution in [0.3, 0.4) is 0 Å². The number of unbranched alkanes of at least 4 members (excludes halogenated alkanes) is 12. The molecule has 8 nitrogen and oxygen atoms in total. The molecule has 1 fully saturated rings. The number of hydrogen-bond acceptors (Lipinski definition) is 6. The van der Waals surface area contributed by atoms with Crippen molar-refractivity contribution in [1.29, 1.82) is 0 Å². The number of amides is 2. The maximum Gasteiger partial charge on any atom is 0.220 e. The second kappa shape index (κ2) is 27.2. The van der Waals surface area contributed by atoms with Gasteiger partial charge in [0.1, 0.15) is 0 Å². The van der Waals surface area contributed by atoms with Crippen LogP contribution < -0.4 is 10.6 Å². The van der Waals surface area contributed by atoms with Crippen LogP contribution in [0.25, 0.3) is 11.1 Å². The number of hydrogen-bond donors (Lipinski definition) is 3. The van der Waals surface area contributed by atoms with Gasteiger partial charge in [-0.15, -0.1) is 0 Å². The Hall–Kier alpha value is -3.56. The number of carbonyl (C=O) groups is 2. The fraction of sp³-hybridized carbons (Fsp3) is 0.592. The summed E-state index contributed by atoms with van der Waals surface area (Å²) < 4.78 is 13.6. The van der Waals surface area contributed by atoms with Gasteiger partial charge in [-0.25, -0.2) is 0 Å². The molecule has 0 saturated carbocycles. The van der Waals surface area contributed by atoms with Gasteiger partial charge in [0, 0.05) is 45.0 Å². The smallest absolute Gasteiger partial charge is 0.220 e. The molecule has 1 aliphatic heterocycles. The summed E-state index contributed by atoms with van der Waals surface area (Å²) >= 11 is 0. The lowest BCUT2D eigenvalue weighted by Gasteiger charge is -2.38. The van der Waals surface area contributed by atoms with Crippen molar-refractivity contribution < 1.29 is 24.2 Å². The molecule has 0 radical (unpaired) electrons. The lowest BCUT2D eigenvalue weighted by molar-refractivity contribution is -0.253. The van der Waals surface area contributed by atoms with E-state index in [1.807, 2.05) is 24.3 Å². The molecule has 0 bridgehead atoms. The third-order valence-electron chi connectivity index (χ3n) is 11.2. The molecule has 3 aromatic carbocycles. The Morgan fingerprint density at radius 2 is 1.32 bits per heavy atom. The molecule has 8 heteroatoms. The minimum atomic E-state index is -0.502. The first-order valence-corrected chi connectivity index (χ1v) is 22.3. The van der Waals surface area contributed by atoms with Crippen LogP contribution in [0.2, 0.25) is 0 Å². The fourth-order valence-electron chi connectivity index (χ4n) is 7.76. The van der Waals surface area contributed by atoms with E-state index in [-0.39, 0.29) is 30.6 Å². The zero-order chi connectivity index (χ0) is 40.5. The number of nitrogens with one attached hydrogen (secondary N) is 2. The number of ether oxygens (including phenoxy) is 2. The molecule has 3 aromatic rings. The van der Waals surface area contributed by atoms with Gasteiger partial charge in [0.05, 0.1) is 18.8 Å².